The van der Waals surface area contributed by atoms with Crippen molar-refractivity contribution in [3.05, 3.63) is 188 Å². The van der Waals surface area contributed by atoms with Gasteiger partial charge in [0.15, 0.2) is 17.5 Å². The first-order valence-electron chi connectivity index (χ1n) is 21.2. The molecule has 0 saturated carbocycles. The Morgan fingerprint density at radius 3 is 1.86 bits per heavy atom. The average Bonchev–Trinajstić information content (AvgIpc) is 3.91. The van der Waals surface area contributed by atoms with Gasteiger partial charge in [0.1, 0.15) is 11.2 Å². The summed E-state index contributed by atoms with van der Waals surface area (Å²) < 4.78 is 63.0. The molecule has 3 aromatic heterocycles. The van der Waals surface area contributed by atoms with E-state index >= 15 is 0 Å². The molecule has 0 bridgehead atoms. The molecule has 0 spiro atoms. The van der Waals surface area contributed by atoms with Gasteiger partial charge in [-0.15, -0.1) is 11.3 Å². The molecule has 0 radical (unpaired) electrons. The Morgan fingerprint density at radius 2 is 1.04 bits per heavy atom. The third-order valence-electron chi connectivity index (χ3n) is 10.1. The van der Waals surface area contributed by atoms with Gasteiger partial charge in [-0.25, -0.2) is 15.0 Å². The molecule has 5 heteroatoms. The number of rotatable bonds is 6. The Bertz CT molecular complexity index is 3590. The maximum atomic E-state index is 9.77. The number of hydrogen-bond acceptors (Lipinski definition) is 5. The maximum Gasteiger partial charge on any atom is 0.164 e. The van der Waals surface area contributed by atoms with Gasteiger partial charge in [0.2, 0.25) is 0 Å². The summed E-state index contributed by atoms with van der Waals surface area (Å²) in [5.41, 5.74) is 7.76. The Hall–Kier alpha value is -7.21. The van der Waals surface area contributed by atoms with E-state index in [9.17, 15) is 5.48 Å². The summed E-state index contributed by atoms with van der Waals surface area (Å²) >= 11 is 1.12. The first-order valence-corrected chi connectivity index (χ1v) is 19.0. The van der Waals surface area contributed by atoms with Crippen molar-refractivity contribution in [2.24, 2.45) is 0 Å². The van der Waals surface area contributed by atoms with Gasteiger partial charge in [-0.1, -0.05) is 158 Å². The first-order chi connectivity index (χ1) is 30.2. The van der Waals surface area contributed by atoms with E-state index in [-0.39, 0.29) is 53.0 Å². The summed E-state index contributed by atoms with van der Waals surface area (Å²) in [5, 5.41) is 2.39. The van der Waals surface area contributed by atoms with Gasteiger partial charge in [-0.3, -0.25) is 0 Å². The second-order valence-electron chi connectivity index (χ2n) is 13.5. The summed E-state index contributed by atoms with van der Waals surface area (Å²) in [6.07, 6.45) is 0. The van der Waals surface area contributed by atoms with E-state index in [1.165, 1.54) is 0 Å². The minimum Gasteiger partial charge on any atom is -0.456 e. The van der Waals surface area contributed by atoms with Crippen LogP contribution in [0.1, 0.15) is 8.22 Å². The molecule has 0 N–H and O–H groups in total. The Balaban J connectivity index is 1.16. The number of fused-ring (bicyclic) bond motifs is 6. The lowest BCUT2D eigenvalue weighted by Crippen LogP contribution is -2.00. The summed E-state index contributed by atoms with van der Waals surface area (Å²) in [6.45, 7) is 0. The van der Waals surface area contributed by atoms with Crippen LogP contribution in [-0.4, -0.2) is 15.0 Å². The highest BCUT2D eigenvalue weighted by molar-refractivity contribution is 7.26. The van der Waals surface area contributed by atoms with E-state index in [4.69, 9.17) is 22.1 Å². The van der Waals surface area contributed by atoms with Crippen LogP contribution in [0.3, 0.4) is 0 Å². The molecule has 0 aliphatic rings. The summed E-state index contributed by atoms with van der Waals surface area (Å²) in [5.74, 6) is 0.680. The highest BCUT2D eigenvalue weighted by Crippen LogP contribution is 2.42. The topological polar surface area (TPSA) is 51.8 Å². The molecular formula is C51H31N3OS. The highest BCUT2D eigenvalue weighted by atomic mass is 32.1. The zero-order valence-electron chi connectivity index (χ0n) is 35.6. The number of furan rings is 1. The lowest BCUT2D eigenvalue weighted by atomic mass is 9.96. The van der Waals surface area contributed by atoms with Crippen molar-refractivity contribution < 1.29 is 12.6 Å². The fourth-order valence-electron chi connectivity index (χ4n) is 7.40. The van der Waals surface area contributed by atoms with Crippen LogP contribution in [0, 0.1) is 0 Å². The third-order valence-corrected chi connectivity index (χ3v) is 11.1. The lowest BCUT2D eigenvalue weighted by Gasteiger charge is -2.10. The number of benzene rings is 8. The largest absolute Gasteiger partial charge is 0.456 e. The molecule has 0 fully saturated rings. The van der Waals surface area contributed by atoms with Crippen LogP contribution < -0.4 is 0 Å². The van der Waals surface area contributed by atoms with E-state index in [2.05, 4.69) is 0 Å². The number of thiophene rings is 1. The van der Waals surface area contributed by atoms with Crippen molar-refractivity contribution >= 4 is 53.4 Å². The van der Waals surface area contributed by atoms with Crippen LogP contribution >= 0.6 is 11.3 Å². The fourth-order valence-corrected chi connectivity index (χ4v) is 8.42. The van der Waals surface area contributed by atoms with Crippen LogP contribution in [0.25, 0.3) is 110 Å². The van der Waals surface area contributed by atoms with E-state index in [0.29, 0.717) is 59.9 Å². The van der Waals surface area contributed by atoms with Gasteiger partial charge >= 0.3 is 0 Å². The van der Waals surface area contributed by atoms with Crippen molar-refractivity contribution in [1.82, 2.24) is 15.0 Å². The normalized spacial score (nSPS) is 13.1. The summed E-state index contributed by atoms with van der Waals surface area (Å²) in [7, 11) is 0. The van der Waals surface area contributed by atoms with Crippen molar-refractivity contribution in [2.75, 3.05) is 0 Å². The molecule has 4 nitrogen and oxygen atoms in total. The molecule has 8 aromatic carbocycles. The Labute approximate surface area is 335 Å². The lowest BCUT2D eigenvalue weighted by molar-refractivity contribution is 0.669. The van der Waals surface area contributed by atoms with Crippen molar-refractivity contribution in [1.29, 1.82) is 0 Å². The van der Waals surface area contributed by atoms with Crippen molar-refractivity contribution in [2.45, 2.75) is 0 Å². The second kappa shape index (κ2) is 13.3. The van der Waals surface area contributed by atoms with Gasteiger partial charge in [0.05, 0.1) is 8.22 Å². The Kier molecular flexibility index (Phi) is 6.29. The zero-order valence-corrected chi connectivity index (χ0v) is 30.4. The summed E-state index contributed by atoms with van der Waals surface area (Å²) in [6, 6.07) is 47.8. The van der Waals surface area contributed by atoms with Gasteiger partial charge in [0.25, 0.3) is 0 Å². The monoisotopic (exact) mass is 739 g/mol. The standard InChI is InChI=1S/C51H31N3OS/c1-3-12-32(13-4-1)34-24-26-35(27-25-34)49-52-50(54-51(53-49)42-20-10-22-44-47(42)40-18-7-8-21-43(40)55-44)38-28-29-41-46(31-38)56-45-23-11-19-39(48(41)45)37-17-9-16-36(30-37)33-14-5-2-6-15-33/h1-31H/i11D,19D,23D,28D,29D,31D. The molecule has 0 saturated heterocycles. The smallest absolute Gasteiger partial charge is 0.164 e. The number of hydrogen-bond donors (Lipinski definition) is 0. The molecule has 0 unspecified atom stereocenters. The van der Waals surface area contributed by atoms with Crippen molar-refractivity contribution in [3.8, 4) is 67.5 Å². The quantitative estimate of drug-likeness (QED) is 0.170. The van der Waals surface area contributed by atoms with Crippen LogP contribution in [-0.2, 0) is 0 Å². The number of nitrogens with zero attached hydrogens (tertiary/aromatic N) is 3. The van der Waals surface area contributed by atoms with E-state index in [1.54, 1.807) is 0 Å². The predicted octanol–water partition coefficient (Wildman–Crippen LogP) is 14.1. The SMILES string of the molecule is [2H]c1c([2H])c(-c2cccc(-c3ccccc3)c2)c2c(sc3c([2H])c(-c4nc(-c5ccc(-c6ccccc6)cc5)nc(-c5cccc6oc7ccccc7c56)n4)c([2H])c([2H])c32)c1[2H]. The molecule has 0 amide bonds. The second-order valence-corrected chi connectivity index (χ2v) is 14.5. The first kappa shape index (κ1) is 26.5. The molecule has 262 valence electrons. The fraction of sp³-hybridized carbons (Fsp3) is 0. The molecular weight excluding hydrogens is 703 g/mol. The molecule has 0 aliphatic carbocycles. The molecule has 11 aromatic rings. The van der Waals surface area contributed by atoms with Gasteiger partial charge < -0.3 is 4.42 Å². The van der Waals surface area contributed by atoms with Crippen LogP contribution in [0.2, 0.25) is 0 Å². The Morgan fingerprint density at radius 1 is 0.411 bits per heavy atom. The number of aromatic nitrogens is 3. The van der Waals surface area contributed by atoms with Crippen LogP contribution in [0.15, 0.2) is 192 Å². The predicted molar refractivity (Wildman–Crippen MR) is 233 cm³/mol. The average molecular weight is 740 g/mol. The van der Waals surface area contributed by atoms with Gasteiger partial charge in [0, 0.05) is 47.6 Å². The van der Waals surface area contributed by atoms with E-state index in [0.717, 1.165) is 44.4 Å². The van der Waals surface area contributed by atoms with Crippen LogP contribution in [0.5, 0.6) is 0 Å². The zero-order chi connectivity index (χ0) is 42.2. The molecule has 3 heterocycles. The minimum atomic E-state index is -0.270. The van der Waals surface area contributed by atoms with Crippen molar-refractivity contribution in [3.63, 3.8) is 0 Å². The molecule has 11 rings (SSSR count). The molecule has 0 aliphatic heterocycles. The highest BCUT2D eigenvalue weighted by Gasteiger charge is 2.19. The molecule has 0 atom stereocenters. The van der Waals surface area contributed by atoms with Gasteiger partial charge in [-0.2, -0.15) is 0 Å². The van der Waals surface area contributed by atoms with Gasteiger partial charge in [-0.05, 0) is 63.7 Å². The molecule has 56 heavy (non-hydrogen) atoms. The van der Waals surface area contributed by atoms with Crippen LogP contribution in [0.4, 0.5) is 0 Å². The third kappa shape index (κ3) is 5.56. The van der Waals surface area contributed by atoms with E-state index < -0.39 is 0 Å². The summed E-state index contributed by atoms with van der Waals surface area (Å²) in [4.78, 5) is 15.0. The maximum absolute atomic E-state index is 9.77. The number of para-hydroxylation sites is 1. The van der Waals surface area contributed by atoms with E-state index in [1.807, 2.05) is 152 Å². The minimum absolute atomic E-state index is 0.0421.